The highest BCUT2D eigenvalue weighted by Crippen LogP contribution is 2.41. The molecule has 5 aliphatic rings. The Morgan fingerprint density at radius 3 is 1.82 bits per heavy atom. The topological polar surface area (TPSA) is 215 Å². The molecule has 0 aliphatic carbocycles. The predicted molar refractivity (Wildman–Crippen MR) is 299 cm³/mol. The maximum atomic E-state index is 14.1. The van der Waals surface area contributed by atoms with E-state index in [1.807, 2.05) is 87.9 Å². The number of hydrogen-bond donors (Lipinski definition) is 2. The highest BCUT2D eigenvalue weighted by atomic mass is 16.5. The average Bonchev–Trinajstić information content (AvgIpc) is 4.17. The van der Waals surface area contributed by atoms with E-state index in [4.69, 9.17) is 28.9 Å². The minimum absolute atomic E-state index is 0.0648. The van der Waals surface area contributed by atoms with Crippen molar-refractivity contribution in [2.75, 3.05) is 39.3 Å². The van der Waals surface area contributed by atoms with Crippen LogP contribution in [0.4, 0.5) is 17.1 Å². The summed E-state index contributed by atoms with van der Waals surface area (Å²) in [5.41, 5.74) is 7.11. The number of unbranched alkanes of at least 4 members (excludes halogenated alkanes) is 2. The zero-order chi connectivity index (χ0) is 55.9. The zero-order valence-corrected chi connectivity index (χ0v) is 45.3. The van der Waals surface area contributed by atoms with E-state index in [9.17, 15) is 33.6 Å². The molecule has 0 radical (unpaired) electrons. The number of fused-ring (bicyclic) bond motifs is 4. The normalized spacial score (nSPS) is 17.8. The van der Waals surface area contributed by atoms with Crippen LogP contribution in [-0.4, -0.2) is 120 Å². The first kappa shape index (κ1) is 55.1. The van der Waals surface area contributed by atoms with Gasteiger partial charge in [0, 0.05) is 99.4 Å². The first-order chi connectivity index (χ1) is 38.1. The van der Waals surface area contributed by atoms with E-state index in [2.05, 4.69) is 10.6 Å². The minimum atomic E-state index is -0.756. The van der Waals surface area contributed by atoms with Crippen LogP contribution in [0.15, 0.2) is 107 Å². The third kappa shape index (κ3) is 12.5. The first-order valence-electron chi connectivity index (χ1n) is 26.8. The number of carbonyl (C=O) groups is 7. The van der Waals surface area contributed by atoms with Crippen molar-refractivity contribution in [1.82, 2.24) is 20.0 Å². The van der Waals surface area contributed by atoms with Gasteiger partial charge in [-0.25, -0.2) is 0 Å². The SMILES string of the molecule is COc1ccc(C2=CN3C(=O)c4cc(C)c(OCCCOc5cc6c(cc5OC)C(=O)N5C=C(c7ccc(NC(=O)[C@@H](C)CC(=O)[C@H](NC(=O)CCCCCN8C(=O)C=CC8=O)C(C)C)cc7)C[C@H]5C=N6)cc4N=C[C@@H]3C2)cc1. The molecular weight excluding hydrogens is 1010 g/mol. The molecule has 5 aliphatic heterocycles. The molecule has 4 aromatic rings. The number of ether oxygens (including phenoxy) is 4. The summed E-state index contributed by atoms with van der Waals surface area (Å²) in [7, 11) is 3.15. The van der Waals surface area contributed by atoms with Gasteiger partial charge in [-0.3, -0.25) is 48.4 Å². The lowest BCUT2D eigenvalue weighted by Gasteiger charge is -2.23. The lowest BCUT2D eigenvalue weighted by molar-refractivity contribution is -0.137. The van der Waals surface area contributed by atoms with Crippen molar-refractivity contribution in [2.24, 2.45) is 21.8 Å². The molecule has 0 saturated heterocycles. The molecule has 4 atom stereocenters. The molecule has 0 saturated carbocycles. The molecule has 18 heteroatoms. The van der Waals surface area contributed by atoms with Crippen LogP contribution in [0.5, 0.6) is 23.0 Å². The smallest absolute Gasteiger partial charge is 0.260 e. The molecule has 79 heavy (non-hydrogen) atoms. The number of aliphatic imine (C=N–C) groups is 2. The van der Waals surface area contributed by atoms with Crippen LogP contribution in [0.2, 0.25) is 0 Å². The summed E-state index contributed by atoms with van der Waals surface area (Å²) in [6.45, 7) is 8.17. The van der Waals surface area contributed by atoms with Crippen LogP contribution in [-0.2, 0) is 24.0 Å². The molecule has 0 fully saturated rings. The Hall–Kier alpha value is -8.67. The summed E-state index contributed by atoms with van der Waals surface area (Å²) in [6, 6.07) is 20.8. The summed E-state index contributed by atoms with van der Waals surface area (Å²) < 4.78 is 23.4. The Bertz CT molecular complexity index is 3200. The second-order valence-electron chi connectivity index (χ2n) is 20.7. The van der Waals surface area contributed by atoms with Gasteiger partial charge < -0.3 is 39.4 Å². The standard InChI is InChI=1S/C61H65N7O11/c1-36(2)58(65-55(70)11-8-7-9-22-66-56(71)20-21-57(66)72)51(69)26-38(4)59(73)64-43-16-12-39(13-17-43)41-27-45-33-63-50-31-54(53(77-6)29-48(50)61(75)68(45)34-41)79-24-10-23-78-52-30-49-47(25-37(52)3)60(74)67-35-42(28-44(67)32-62-49)40-14-18-46(76-5)19-15-40/h12-21,25,29-36,38,44-45,58H,7-11,22-24,26-28H2,1-6H3,(H,64,73)(H,65,70)/t38-,44-,45-,58+/m0/s1. The lowest BCUT2D eigenvalue weighted by Crippen LogP contribution is -2.45. The minimum Gasteiger partial charge on any atom is -0.497 e. The number of hydrogen-bond acceptors (Lipinski definition) is 13. The van der Waals surface area contributed by atoms with Crippen LogP contribution >= 0.6 is 0 Å². The van der Waals surface area contributed by atoms with Gasteiger partial charge in [-0.2, -0.15) is 0 Å². The summed E-state index contributed by atoms with van der Waals surface area (Å²) in [5, 5.41) is 5.75. The van der Waals surface area contributed by atoms with Gasteiger partial charge >= 0.3 is 0 Å². The maximum absolute atomic E-state index is 14.1. The number of anilines is 1. The molecule has 0 bridgehead atoms. The molecule has 2 N–H and O–H groups in total. The summed E-state index contributed by atoms with van der Waals surface area (Å²) in [5.74, 6) is -0.508. The average molecular weight is 1070 g/mol. The number of rotatable bonds is 23. The number of ketones is 1. The van der Waals surface area contributed by atoms with E-state index in [1.54, 1.807) is 54.3 Å². The monoisotopic (exact) mass is 1070 g/mol. The molecule has 9 rings (SSSR count). The number of imide groups is 1. The van der Waals surface area contributed by atoms with E-state index in [0.29, 0.717) is 97.1 Å². The fourth-order valence-corrected chi connectivity index (χ4v) is 10.2. The summed E-state index contributed by atoms with van der Waals surface area (Å²) in [4.78, 5) is 105. The van der Waals surface area contributed by atoms with Crippen LogP contribution in [0.25, 0.3) is 11.1 Å². The van der Waals surface area contributed by atoms with Crippen molar-refractivity contribution >= 4 is 81.9 Å². The van der Waals surface area contributed by atoms with Crippen LogP contribution in [0.1, 0.15) is 110 Å². The van der Waals surface area contributed by atoms with Gasteiger partial charge in [0.2, 0.25) is 11.8 Å². The van der Waals surface area contributed by atoms with Crippen LogP contribution in [0.3, 0.4) is 0 Å². The highest BCUT2D eigenvalue weighted by molar-refractivity contribution is 6.13. The second-order valence-corrected chi connectivity index (χ2v) is 20.7. The highest BCUT2D eigenvalue weighted by Gasteiger charge is 2.36. The molecule has 0 unspecified atom stereocenters. The van der Waals surface area contributed by atoms with Crippen LogP contribution < -0.4 is 29.6 Å². The number of benzene rings is 4. The Labute approximate surface area is 459 Å². The molecule has 18 nitrogen and oxygen atoms in total. The quantitative estimate of drug-likeness (QED) is 0.0528. The number of aryl methyl sites for hydroxylation is 1. The van der Waals surface area contributed by atoms with Gasteiger partial charge in [0.15, 0.2) is 17.3 Å². The van der Waals surface area contributed by atoms with Gasteiger partial charge in [-0.15, -0.1) is 0 Å². The van der Waals surface area contributed by atoms with Crippen molar-refractivity contribution in [3.8, 4) is 23.0 Å². The maximum Gasteiger partial charge on any atom is 0.260 e. The Kier molecular flexibility index (Phi) is 17.0. The number of methoxy groups -OCH3 is 2. The largest absolute Gasteiger partial charge is 0.497 e. The fourth-order valence-electron chi connectivity index (χ4n) is 10.2. The third-order valence-electron chi connectivity index (χ3n) is 14.7. The number of amides is 6. The van der Waals surface area contributed by atoms with Crippen molar-refractivity contribution in [1.29, 1.82) is 0 Å². The zero-order valence-electron chi connectivity index (χ0n) is 45.3. The van der Waals surface area contributed by atoms with E-state index >= 15 is 0 Å². The van der Waals surface area contributed by atoms with E-state index < -0.39 is 12.0 Å². The van der Waals surface area contributed by atoms with Crippen molar-refractivity contribution < 1.29 is 52.5 Å². The summed E-state index contributed by atoms with van der Waals surface area (Å²) in [6.07, 6.45) is 13.4. The number of Topliss-reactive ketones (excluding diaryl/α,β-unsaturated/α-hetero) is 1. The van der Waals surface area contributed by atoms with E-state index in [0.717, 1.165) is 33.6 Å². The van der Waals surface area contributed by atoms with Crippen molar-refractivity contribution in [3.05, 3.63) is 125 Å². The van der Waals surface area contributed by atoms with Gasteiger partial charge in [0.25, 0.3) is 23.6 Å². The molecule has 4 aromatic carbocycles. The van der Waals surface area contributed by atoms with Gasteiger partial charge in [0.1, 0.15) is 11.5 Å². The Balaban J connectivity index is 0.733. The van der Waals surface area contributed by atoms with E-state index in [-0.39, 0.29) is 78.7 Å². The van der Waals surface area contributed by atoms with E-state index in [1.165, 1.54) is 24.2 Å². The molecule has 410 valence electrons. The lowest BCUT2D eigenvalue weighted by atomic mass is 9.92. The van der Waals surface area contributed by atoms with Crippen LogP contribution in [0, 0.1) is 18.8 Å². The molecule has 0 spiro atoms. The molecule has 0 aromatic heterocycles. The van der Waals surface area contributed by atoms with Crippen molar-refractivity contribution in [3.63, 3.8) is 0 Å². The number of nitrogens with one attached hydrogen (secondary N) is 2. The molecule has 6 amide bonds. The Morgan fingerprint density at radius 2 is 1.24 bits per heavy atom. The second kappa shape index (κ2) is 24.3. The van der Waals surface area contributed by atoms with Gasteiger partial charge in [0.05, 0.1) is 68.1 Å². The fraction of sp³-hybridized carbons (Fsp3) is 0.361. The number of nitrogens with zero attached hydrogens (tertiary/aromatic N) is 5. The Morgan fingerprint density at radius 1 is 0.671 bits per heavy atom. The van der Waals surface area contributed by atoms with Gasteiger partial charge in [-0.05, 0) is 89.9 Å². The third-order valence-corrected chi connectivity index (χ3v) is 14.7. The predicted octanol–water partition coefficient (Wildman–Crippen LogP) is 8.96. The molecular formula is C61H65N7O11. The molecule has 5 heterocycles. The first-order valence-corrected chi connectivity index (χ1v) is 26.8. The summed E-state index contributed by atoms with van der Waals surface area (Å²) >= 11 is 0. The number of carbonyl (C=O) groups excluding carboxylic acids is 7. The van der Waals surface area contributed by atoms with Gasteiger partial charge in [-0.1, -0.05) is 51.5 Å². The van der Waals surface area contributed by atoms with Crippen molar-refractivity contribution in [2.45, 2.75) is 97.2 Å².